The molecule has 0 radical (unpaired) electrons. The second-order valence-corrected chi connectivity index (χ2v) is 4.59. The zero-order chi connectivity index (χ0) is 13.1. The minimum atomic E-state index is -0.275. The Balaban J connectivity index is 2.35. The highest BCUT2D eigenvalue weighted by molar-refractivity contribution is 6.16. The predicted octanol–water partition coefficient (Wildman–Crippen LogP) is 2.35. The van der Waals surface area contributed by atoms with E-state index in [1.54, 1.807) is 0 Å². The Kier molecular flexibility index (Phi) is 3.87. The molecule has 96 valence electrons. The number of rotatable bonds is 5. The molecule has 0 unspecified atom stereocenters. The van der Waals surface area contributed by atoms with Crippen molar-refractivity contribution in [3.8, 4) is 0 Å². The maximum atomic E-state index is 10.8. The lowest BCUT2D eigenvalue weighted by Crippen LogP contribution is -2.12. The van der Waals surface area contributed by atoms with Crippen LogP contribution in [0.1, 0.15) is 24.2 Å². The fraction of sp³-hybridized carbons (Fsp3) is 0.385. The third-order valence-electron chi connectivity index (χ3n) is 2.98. The summed E-state index contributed by atoms with van der Waals surface area (Å²) in [7, 11) is 0. The van der Waals surface area contributed by atoms with Gasteiger partial charge in [0, 0.05) is 13.0 Å². The Morgan fingerprint density at radius 1 is 1.50 bits per heavy atom. The topological polar surface area (TPSA) is 60.9 Å². The van der Waals surface area contributed by atoms with Gasteiger partial charge in [-0.05, 0) is 25.0 Å². The van der Waals surface area contributed by atoms with Gasteiger partial charge in [-0.15, -0.1) is 11.6 Å². The zero-order valence-electron chi connectivity index (χ0n) is 10.3. The van der Waals surface area contributed by atoms with Crippen LogP contribution in [0.5, 0.6) is 0 Å². The van der Waals surface area contributed by atoms with Crippen LogP contribution in [0.4, 0.5) is 0 Å². The van der Waals surface area contributed by atoms with Crippen LogP contribution in [0.2, 0.25) is 0 Å². The summed E-state index contributed by atoms with van der Waals surface area (Å²) in [5.41, 5.74) is 8.33. The van der Waals surface area contributed by atoms with E-state index in [9.17, 15) is 4.79 Å². The molecule has 2 N–H and O–H groups in total. The largest absolute Gasteiger partial charge is 0.370 e. The summed E-state index contributed by atoms with van der Waals surface area (Å²) in [6, 6.07) is 6.05. The molecule has 0 aliphatic carbocycles. The Morgan fingerprint density at radius 3 is 2.94 bits per heavy atom. The molecule has 0 atom stereocenters. The number of aromatic nitrogens is 2. The van der Waals surface area contributed by atoms with Crippen molar-refractivity contribution in [2.45, 2.75) is 32.2 Å². The molecule has 4 nitrogen and oxygen atoms in total. The average molecular weight is 266 g/mol. The molecule has 2 rings (SSSR count). The number of alkyl halides is 1. The number of para-hydroxylation sites is 1. The number of carbonyl (C=O) groups is 1. The maximum absolute atomic E-state index is 10.8. The van der Waals surface area contributed by atoms with Gasteiger partial charge in [0.15, 0.2) is 0 Å². The molecule has 1 aromatic heterocycles. The third-order valence-corrected chi connectivity index (χ3v) is 3.22. The Morgan fingerprint density at radius 2 is 2.28 bits per heavy atom. The van der Waals surface area contributed by atoms with E-state index < -0.39 is 0 Å². The van der Waals surface area contributed by atoms with Crippen molar-refractivity contribution in [2.24, 2.45) is 5.73 Å². The van der Waals surface area contributed by atoms with Crippen LogP contribution in [0.15, 0.2) is 18.2 Å². The molecule has 0 aliphatic rings. The van der Waals surface area contributed by atoms with Crippen molar-refractivity contribution < 1.29 is 4.79 Å². The lowest BCUT2D eigenvalue weighted by molar-refractivity contribution is -0.118. The number of amides is 1. The molecule has 18 heavy (non-hydrogen) atoms. The molecule has 0 saturated carbocycles. The Labute approximate surface area is 111 Å². The normalized spacial score (nSPS) is 11.0. The molecule has 0 saturated heterocycles. The van der Waals surface area contributed by atoms with Gasteiger partial charge in [-0.25, -0.2) is 4.98 Å². The van der Waals surface area contributed by atoms with E-state index in [1.807, 2.05) is 25.1 Å². The second-order valence-electron chi connectivity index (χ2n) is 4.33. The predicted molar refractivity (Wildman–Crippen MR) is 72.5 cm³/mol. The molecular formula is C13H16ClN3O. The molecule has 2 aromatic rings. The summed E-state index contributed by atoms with van der Waals surface area (Å²) in [4.78, 5) is 15.3. The van der Waals surface area contributed by atoms with Gasteiger partial charge >= 0.3 is 0 Å². The summed E-state index contributed by atoms with van der Waals surface area (Å²) in [5, 5.41) is 0. The molecule has 0 bridgehead atoms. The molecule has 1 amide bonds. The van der Waals surface area contributed by atoms with Crippen molar-refractivity contribution in [2.75, 3.05) is 0 Å². The van der Waals surface area contributed by atoms with Crippen LogP contribution >= 0.6 is 11.6 Å². The van der Waals surface area contributed by atoms with Crippen LogP contribution in [0.25, 0.3) is 11.0 Å². The number of aryl methyl sites for hydroxylation is 2. The number of imidazole rings is 1. The summed E-state index contributed by atoms with van der Waals surface area (Å²) in [6.45, 7) is 2.74. The molecule has 1 aromatic carbocycles. The molecule has 0 spiro atoms. The fourth-order valence-electron chi connectivity index (χ4n) is 2.10. The number of nitrogens with two attached hydrogens (primary N) is 1. The van der Waals surface area contributed by atoms with Crippen molar-refractivity contribution >= 4 is 28.5 Å². The first-order chi connectivity index (χ1) is 8.63. The summed E-state index contributed by atoms with van der Waals surface area (Å²) < 4.78 is 2.07. The number of hydrogen-bond donors (Lipinski definition) is 1. The lowest BCUT2D eigenvalue weighted by atomic mass is 10.2. The maximum Gasteiger partial charge on any atom is 0.217 e. The van der Waals surface area contributed by atoms with Crippen LogP contribution < -0.4 is 5.73 Å². The van der Waals surface area contributed by atoms with Crippen molar-refractivity contribution in [3.05, 3.63) is 29.6 Å². The van der Waals surface area contributed by atoms with Gasteiger partial charge in [0.25, 0.3) is 0 Å². The highest BCUT2D eigenvalue weighted by atomic mass is 35.5. The van der Waals surface area contributed by atoms with Crippen molar-refractivity contribution in [3.63, 3.8) is 0 Å². The number of primary amides is 1. The van der Waals surface area contributed by atoms with E-state index in [4.69, 9.17) is 17.3 Å². The highest BCUT2D eigenvalue weighted by Crippen LogP contribution is 2.21. The SMILES string of the molecule is Cc1cccc2c1nc(CCl)n2CCCC(N)=O. The van der Waals surface area contributed by atoms with E-state index in [1.165, 1.54) is 0 Å². The lowest BCUT2D eigenvalue weighted by Gasteiger charge is -2.06. The second kappa shape index (κ2) is 5.40. The van der Waals surface area contributed by atoms with Crippen molar-refractivity contribution in [1.82, 2.24) is 9.55 Å². The zero-order valence-corrected chi connectivity index (χ0v) is 11.1. The first kappa shape index (κ1) is 12.9. The van der Waals surface area contributed by atoms with Gasteiger partial charge in [0.05, 0.1) is 16.9 Å². The first-order valence-corrected chi connectivity index (χ1v) is 6.46. The average Bonchev–Trinajstić information content (AvgIpc) is 2.69. The van der Waals surface area contributed by atoms with Gasteiger partial charge in [-0.1, -0.05) is 12.1 Å². The minimum absolute atomic E-state index is 0.275. The van der Waals surface area contributed by atoms with Gasteiger partial charge in [0.1, 0.15) is 5.82 Å². The standard InChI is InChI=1S/C13H16ClN3O/c1-9-4-2-5-10-13(9)16-12(8-14)17(10)7-3-6-11(15)18/h2,4-5H,3,6-8H2,1H3,(H2,15,18). The van der Waals surface area contributed by atoms with E-state index in [0.29, 0.717) is 25.3 Å². The monoisotopic (exact) mass is 265 g/mol. The number of hydrogen-bond acceptors (Lipinski definition) is 2. The van der Waals surface area contributed by atoms with Crippen LogP contribution in [0, 0.1) is 6.92 Å². The molecule has 0 aliphatic heterocycles. The Bertz CT molecular complexity index is 577. The Hall–Kier alpha value is -1.55. The number of carbonyl (C=O) groups excluding carboxylic acids is 1. The van der Waals surface area contributed by atoms with Gasteiger partial charge in [0.2, 0.25) is 5.91 Å². The van der Waals surface area contributed by atoms with E-state index in [-0.39, 0.29) is 5.91 Å². The molecule has 5 heteroatoms. The van der Waals surface area contributed by atoms with E-state index in [0.717, 1.165) is 22.4 Å². The summed E-state index contributed by atoms with van der Waals surface area (Å²) >= 11 is 5.92. The number of halogens is 1. The molecular weight excluding hydrogens is 250 g/mol. The first-order valence-electron chi connectivity index (χ1n) is 5.92. The van der Waals surface area contributed by atoms with Gasteiger partial charge in [-0.3, -0.25) is 4.79 Å². The van der Waals surface area contributed by atoms with Crippen LogP contribution in [-0.4, -0.2) is 15.5 Å². The molecule has 0 fully saturated rings. The van der Waals surface area contributed by atoms with E-state index in [2.05, 4.69) is 9.55 Å². The van der Waals surface area contributed by atoms with Gasteiger partial charge in [-0.2, -0.15) is 0 Å². The summed E-state index contributed by atoms with van der Waals surface area (Å²) in [5.74, 6) is 0.929. The number of nitrogens with zero attached hydrogens (tertiary/aromatic N) is 2. The highest BCUT2D eigenvalue weighted by Gasteiger charge is 2.11. The number of fused-ring (bicyclic) bond motifs is 1. The quantitative estimate of drug-likeness (QED) is 0.844. The third kappa shape index (κ3) is 2.48. The van der Waals surface area contributed by atoms with Crippen LogP contribution in [-0.2, 0) is 17.2 Å². The smallest absolute Gasteiger partial charge is 0.217 e. The molecule has 1 heterocycles. The number of benzene rings is 1. The summed E-state index contributed by atoms with van der Waals surface area (Å²) in [6.07, 6.45) is 1.09. The van der Waals surface area contributed by atoms with Crippen LogP contribution in [0.3, 0.4) is 0 Å². The fourth-order valence-corrected chi connectivity index (χ4v) is 2.30. The minimum Gasteiger partial charge on any atom is -0.370 e. The van der Waals surface area contributed by atoms with E-state index >= 15 is 0 Å². The van der Waals surface area contributed by atoms with Gasteiger partial charge < -0.3 is 10.3 Å². The van der Waals surface area contributed by atoms with Crippen molar-refractivity contribution in [1.29, 1.82) is 0 Å².